The number of piperidine rings is 1. The van der Waals surface area contributed by atoms with Gasteiger partial charge < -0.3 is 9.84 Å². The van der Waals surface area contributed by atoms with Gasteiger partial charge in [-0.15, -0.1) is 11.3 Å². The third kappa shape index (κ3) is 3.31. The molecule has 0 saturated carbocycles. The molecule has 1 unspecified atom stereocenters. The number of hydrogen-bond donors (Lipinski definition) is 1. The quantitative estimate of drug-likeness (QED) is 0.908. The van der Waals surface area contributed by atoms with E-state index in [4.69, 9.17) is 4.52 Å². The molecular formula is C14H17N3O4S2. The van der Waals surface area contributed by atoms with Gasteiger partial charge in [0.15, 0.2) is 5.82 Å². The Balaban J connectivity index is 1.82. The zero-order valence-electron chi connectivity index (χ0n) is 12.6. The van der Waals surface area contributed by atoms with Crippen molar-refractivity contribution in [3.05, 3.63) is 29.3 Å². The predicted molar refractivity (Wildman–Crippen MR) is 85.7 cm³/mol. The number of carbonyl (C=O) groups excluding carboxylic acids is 1. The number of anilines is 1. The molecule has 7 nitrogen and oxygen atoms in total. The molecule has 1 aliphatic rings. The number of thiophene rings is 1. The Morgan fingerprint density at radius 3 is 2.96 bits per heavy atom. The van der Waals surface area contributed by atoms with Gasteiger partial charge in [-0.1, -0.05) is 17.6 Å². The van der Waals surface area contributed by atoms with Gasteiger partial charge >= 0.3 is 0 Å². The number of carbonyl (C=O) groups is 1. The van der Waals surface area contributed by atoms with Crippen LogP contribution in [0.2, 0.25) is 0 Å². The first-order valence-electron chi connectivity index (χ1n) is 7.28. The minimum Gasteiger partial charge on any atom is -0.360 e. The Labute approximate surface area is 138 Å². The van der Waals surface area contributed by atoms with Crippen molar-refractivity contribution in [1.82, 2.24) is 9.46 Å². The lowest BCUT2D eigenvalue weighted by molar-refractivity contribution is -0.120. The molecule has 3 heterocycles. The molecule has 1 fully saturated rings. The first kappa shape index (κ1) is 16.2. The van der Waals surface area contributed by atoms with E-state index in [0.29, 0.717) is 24.5 Å². The summed E-state index contributed by atoms with van der Waals surface area (Å²) in [6.07, 6.45) is 2.05. The van der Waals surface area contributed by atoms with Gasteiger partial charge in [0.25, 0.3) is 10.0 Å². The number of sulfonamides is 1. The van der Waals surface area contributed by atoms with Gasteiger partial charge in [0.05, 0.1) is 0 Å². The van der Waals surface area contributed by atoms with Crippen LogP contribution in [0.15, 0.2) is 32.3 Å². The molecule has 0 spiro atoms. The molecule has 0 radical (unpaired) electrons. The Kier molecular flexibility index (Phi) is 4.51. The van der Waals surface area contributed by atoms with Crippen LogP contribution in [0.3, 0.4) is 0 Å². The second-order valence-corrected chi connectivity index (χ2v) is 8.44. The largest absolute Gasteiger partial charge is 0.360 e. The predicted octanol–water partition coefficient (Wildman–Crippen LogP) is 2.23. The summed E-state index contributed by atoms with van der Waals surface area (Å²) in [5.41, 5.74) is 0. The van der Waals surface area contributed by atoms with Gasteiger partial charge in [0.1, 0.15) is 16.0 Å². The Bertz CT molecular complexity index is 783. The molecular weight excluding hydrogens is 338 g/mol. The molecule has 1 aliphatic heterocycles. The monoisotopic (exact) mass is 355 g/mol. The number of amides is 1. The van der Waals surface area contributed by atoms with E-state index in [9.17, 15) is 13.2 Å². The van der Waals surface area contributed by atoms with Crippen LogP contribution in [-0.4, -0.2) is 36.4 Å². The number of aromatic nitrogens is 1. The summed E-state index contributed by atoms with van der Waals surface area (Å²) in [4.78, 5) is 12.5. The SMILES string of the molecule is Cc1cc(NC(=O)C2CCCCN2S(=O)(=O)c2cccs2)no1. The summed E-state index contributed by atoms with van der Waals surface area (Å²) < 4.78 is 31.9. The summed E-state index contributed by atoms with van der Waals surface area (Å²) >= 11 is 1.16. The zero-order chi connectivity index (χ0) is 16.4. The van der Waals surface area contributed by atoms with Gasteiger partial charge in [0.2, 0.25) is 5.91 Å². The molecule has 1 amide bonds. The van der Waals surface area contributed by atoms with Gasteiger partial charge in [0, 0.05) is 12.6 Å². The highest BCUT2D eigenvalue weighted by molar-refractivity contribution is 7.91. The van der Waals surface area contributed by atoms with Gasteiger partial charge in [-0.25, -0.2) is 8.42 Å². The third-order valence-corrected chi connectivity index (χ3v) is 6.97. The lowest BCUT2D eigenvalue weighted by Gasteiger charge is -2.32. The summed E-state index contributed by atoms with van der Waals surface area (Å²) in [6, 6.07) is 4.12. The van der Waals surface area contributed by atoms with E-state index in [1.165, 1.54) is 4.31 Å². The molecule has 0 aliphatic carbocycles. The summed E-state index contributed by atoms with van der Waals surface area (Å²) in [5.74, 6) is 0.497. The molecule has 124 valence electrons. The van der Waals surface area contributed by atoms with Crippen molar-refractivity contribution in [2.24, 2.45) is 0 Å². The van der Waals surface area contributed by atoms with E-state index in [-0.39, 0.29) is 10.1 Å². The molecule has 0 aromatic carbocycles. The molecule has 1 N–H and O–H groups in total. The minimum atomic E-state index is -3.65. The lowest BCUT2D eigenvalue weighted by Crippen LogP contribution is -2.49. The fourth-order valence-electron chi connectivity index (χ4n) is 2.62. The Morgan fingerprint density at radius 1 is 1.48 bits per heavy atom. The standard InChI is InChI=1S/C14H17N3O4S2/c1-10-9-12(16-21-10)15-14(18)11-5-2-3-7-17(11)23(19,20)13-6-4-8-22-13/h4,6,8-9,11H,2-3,5,7H2,1H3,(H,15,16,18). The number of aryl methyl sites for hydroxylation is 1. The van der Waals surface area contributed by atoms with E-state index in [2.05, 4.69) is 10.5 Å². The highest BCUT2D eigenvalue weighted by Gasteiger charge is 2.38. The topological polar surface area (TPSA) is 92.5 Å². The smallest absolute Gasteiger partial charge is 0.253 e. The van der Waals surface area contributed by atoms with Crippen molar-refractivity contribution in [3.8, 4) is 0 Å². The van der Waals surface area contributed by atoms with E-state index < -0.39 is 16.1 Å². The van der Waals surface area contributed by atoms with Gasteiger partial charge in [-0.05, 0) is 31.2 Å². The Hall–Kier alpha value is -1.71. The van der Waals surface area contributed by atoms with Crippen LogP contribution in [0.1, 0.15) is 25.0 Å². The van der Waals surface area contributed by atoms with E-state index >= 15 is 0 Å². The number of nitrogens with zero attached hydrogens (tertiary/aromatic N) is 2. The highest BCUT2D eigenvalue weighted by atomic mass is 32.2. The van der Waals surface area contributed by atoms with Crippen LogP contribution in [0.5, 0.6) is 0 Å². The van der Waals surface area contributed by atoms with Crippen LogP contribution in [0, 0.1) is 6.92 Å². The van der Waals surface area contributed by atoms with Crippen molar-refractivity contribution < 1.29 is 17.7 Å². The van der Waals surface area contributed by atoms with E-state index in [1.54, 1.807) is 30.5 Å². The highest BCUT2D eigenvalue weighted by Crippen LogP contribution is 2.28. The maximum absolute atomic E-state index is 12.7. The van der Waals surface area contributed by atoms with Gasteiger partial charge in [-0.2, -0.15) is 4.31 Å². The zero-order valence-corrected chi connectivity index (χ0v) is 14.2. The molecule has 2 aromatic heterocycles. The second-order valence-electron chi connectivity index (χ2n) is 5.37. The molecule has 1 atom stereocenters. The van der Waals surface area contributed by atoms with Crippen LogP contribution in [0.4, 0.5) is 5.82 Å². The maximum Gasteiger partial charge on any atom is 0.253 e. The fraction of sp³-hybridized carbons (Fsp3) is 0.429. The molecule has 1 saturated heterocycles. The van der Waals surface area contributed by atoms with Crippen LogP contribution >= 0.6 is 11.3 Å². The summed E-state index contributed by atoms with van der Waals surface area (Å²) in [6.45, 7) is 2.06. The average molecular weight is 355 g/mol. The minimum absolute atomic E-state index is 0.259. The normalized spacial score (nSPS) is 19.6. The van der Waals surface area contributed by atoms with Crippen molar-refractivity contribution in [1.29, 1.82) is 0 Å². The Morgan fingerprint density at radius 2 is 2.30 bits per heavy atom. The van der Waals surface area contributed by atoms with E-state index in [1.807, 2.05) is 0 Å². The second kappa shape index (κ2) is 6.42. The molecule has 3 rings (SSSR count). The first-order chi connectivity index (χ1) is 11.0. The molecule has 9 heteroatoms. The number of nitrogens with one attached hydrogen (secondary N) is 1. The van der Waals surface area contributed by atoms with Crippen LogP contribution in [-0.2, 0) is 14.8 Å². The van der Waals surface area contributed by atoms with Gasteiger partial charge in [-0.3, -0.25) is 4.79 Å². The van der Waals surface area contributed by atoms with Crippen LogP contribution in [0.25, 0.3) is 0 Å². The van der Waals surface area contributed by atoms with Crippen LogP contribution < -0.4 is 5.32 Å². The average Bonchev–Trinajstić information content (AvgIpc) is 3.19. The summed E-state index contributed by atoms with van der Waals surface area (Å²) in [7, 11) is -3.65. The lowest BCUT2D eigenvalue weighted by atomic mass is 10.0. The third-order valence-electron chi connectivity index (χ3n) is 3.69. The number of hydrogen-bond acceptors (Lipinski definition) is 6. The van der Waals surface area contributed by atoms with Crippen molar-refractivity contribution in [3.63, 3.8) is 0 Å². The van der Waals surface area contributed by atoms with E-state index in [0.717, 1.165) is 24.2 Å². The fourth-order valence-corrected chi connectivity index (χ4v) is 5.39. The van der Waals surface area contributed by atoms with Crippen molar-refractivity contribution in [2.75, 3.05) is 11.9 Å². The molecule has 23 heavy (non-hydrogen) atoms. The van der Waals surface area contributed by atoms with Crippen molar-refractivity contribution in [2.45, 2.75) is 36.4 Å². The molecule has 2 aromatic rings. The summed E-state index contributed by atoms with van der Waals surface area (Å²) in [5, 5.41) is 8.06. The molecule has 0 bridgehead atoms. The number of rotatable bonds is 4. The first-order valence-corrected chi connectivity index (χ1v) is 9.60. The van der Waals surface area contributed by atoms with Crippen molar-refractivity contribution >= 4 is 33.1 Å². The maximum atomic E-state index is 12.7.